The minimum atomic E-state index is -0.448. The number of carbonyl (C=O) groups excluding carboxylic acids is 1. The SMILES string of the molecule is NNC(=NCC=O)C1(N)CCCCC1. The van der Waals surface area contributed by atoms with Crippen molar-refractivity contribution in [1.82, 2.24) is 5.43 Å². The van der Waals surface area contributed by atoms with Crippen molar-refractivity contribution in [3.8, 4) is 0 Å². The zero-order valence-electron chi connectivity index (χ0n) is 8.33. The molecular formula is C9H18N4O. The summed E-state index contributed by atoms with van der Waals surface area (Å²) in [5.41, 5.74) is 8.23. The Balaban J connectivity index is 2.69. The first-order valence-corrected chi connectivity index (χ1v) is 4.97. The highest BCUT2D eigenvalue weighted by Gasteiger charge is 2.32. The van der Waals surface area contributed by atoms with Crippen molar-refractivity contribution in [2.75, 3.05) is 6.54 Å². The van der Waals surface area contributed by atoms with Gasteiger partial charge in [0.25, 0.3) is 0 Å². The number of hydrazine groups is 1. The van der Waals surface area contributed by atoms with Crippen LogP contribution in [0.25, 0.3) is 0 Å². The van der Waals surface area contributed by atoms with Crippen molar-refractivity contribution in [2.45, 2.75) is 37.6 Å². The second kappa shape index (κ2) is 5.07. The Morgan fingerprint density at radius 1 is 1.43 bits per heavy atom. The topological polar surface area (TPSA) is 93.5 Å². The highest BCUT2D eigenvalue weighted by Crippen LogP contribution is 2.26. The van der Waals surface area contributed by atoms with Crippen molar-refractivity contribution >= 4 is 12.1 Å². The molecule has 80 valence electrons. The first kappa shape index (κ1) is 11.1. The van der Waals surface area contributed by atoms with Crippen LogP contribution in [-0.2, 0) is 4.79 Å². The third-order valence-corrected chi connectivity index (χ3v) is 2.68. The average Bonchev–Trinajstić information content (AvgIpc) is 2.20. The molecule has 0 amide bonds. The summed E-state index contributed by atoms with van der Waals surface area (Å²) in [6.45, 7) is 0.123. The highest BCUT2D eigenvalue weighted by molar-refractivity contribution is 5.91. The molecule has 0 aromatic heterocycles. The van der Waals surface area contributed by atoms with Gasteiger partial charge in [-0.3, -0.25) is 4.99 Å². The van der Waals surface area contributed by atoms with E-state index < -0.39 is 5.54 Å². The van der Waals surface area contributed by atoms with Gasteiger partial charge in [-0.25, -0.2) is 5.84 Å². The Labute approximate surface area is 83.9 Å². The summed E-state index contributed by atoms with van der Waals surface area (Å²) in [7, 11) is 0. The number of hydrogen-bond acceptors (Lipinski definition) is 4. The van der Waals surface area contributed by atoms with E-state index in [0.717, 1.165) is 32.0 Å². The summed E-state index contributed by atoms with van der Waals surface area (Å²) < 4.78 is 0. The molecule has 1 rings (SSSR count). The van der Waals surface area contributed by atoms with Gasteiger partial charge in [0.2, 0.25) is 0 Å². The van der Waals surface area contributed by atoms with Crippen LogP contribution in [0.1, 0.15) is 32.1 Å². The van der Waals surface area contributed by atoms with Crippen LogP contribution in [0.2, 0.25) is 0 Å². The molecule has 5 heteroatoms. The van der Waals surface area contributed by atoms with Crippen LogP contribution in [0.4, 0.5) is 0 Å². The van der Waals surface area contributed by atoms with Crippen LogP contribution < -0.4 is 17.0 Å². The maximum absolute atomic E-state index is 10.2. The van der Waals surface area contributed by atoms with Crippen molar-refractivity contribution in [3.63, 3.8) is 0 Å². The van der Waals surface area contributed by atoms with Gasteiger partial charge < -0.3 is 16.0 Å². The molecule has 0 unspecified atom stereocenters. The number of rotatable bonds is 3. The first-order chi connectivity index (χ1) is 6.73. The fourth-order valence-corrected chi connectivity index (χ4v) is 1.89. The van der Waals surface area contributed by atoms with E-state index in [1.165, 1.54) is 6.42 Å². The Kier molecular flexibility index (Phi) is 4.03. The van der Waals surface area contributed by atoms with Gasteiger partial charge >= 0.3 is 0 Å². The maximum atomic E-state index is 10.2. The lowest BCUT2D eigenvalue weighted by Crippen LogP contribution is -2.57. The molecular weight excluding hydrogens is 180 g/mol. The number of hydrogen-bond donors (Lipinski definition) is 3. The van der Waals surface area contributed by atoms with Crippen LogP contribution in [0, 0.1) is 0 Å². The van der Waals surface area contributed by atoms with Gasteiger partial charge in [0.1, 0.15) is 12.1 Å². The van der Waals surface area contributed by atoms with E-state index in [0.29, 0.717) is 5.84 Å². The molecule has 1 fully saturated rings. The van der Waals surface area contributed by atoms with E-state index in [1.807, 2.05) is 0 Å². The molecule has 1 aliphatic rings. The molecule has 1 aliphatic carbocycles. The summed E-state index contributed by atoms with van der Waals surface area (Å²) in [5.74, 6) is 5.91. The van der Waals surface area contributed by atoms with Crippen LogP contribution in [0.5, 0.6) is 0 Å². The number of aldehydes is 1. The van der Waals surface area contributed by atoms with Crippen molar-refractivity contribution in [1.29, 1.82) is 0 Å². The third kappa shape index (κ3) is 2.52. The molecule has 0 saturated heterocycles. The largest absolute Gasteiger partial charge is 0.319 e. The Morgan fingerprint density at radius 3 is 2.57 bits per heavy atom. The number of nitrogens with one attached hydrogen (secondary N) is 1. The van der Waals surface area contributed by atoms with Gasteiger partial charge in [0.05, 0.1) is 12.1 Å². The normalized spacial score (nSPS) is 21.7. The van der Waals surface area contributed by atoms with Crippen LogP contribution >= 0.6 is 0 Å². The van der Waals surface area contributed by atoms with Gasteiger partial charge in [-0.15, -0.1) is 0 Å². The second-order valence-corrected chi connectivity index (χ2v) is 3.72. The minimum Gasteiger partial charge on any atom is -0.319 e. The molecule has 0 spiro atoms. The first-order valence-electron chi connectivity index (χ1n) is 4.97. The van der Waals surface area contributed by atoms with E-state index >= 15 is 0 Å². The molecule has 0 heterocycles. The molecule has 0 atom stereocenters. The zero-order valence-corrected chi connectivity index (χ0v) is 8.33. The Bertz CT molecular complexity index is 221. The van der Waals surface area contributed by atoms with Gasteiger partial charge in [0.15, 0.2) is 0 Å². The molecule has 5 nitrogen and oxygen atoms in total. The van der Waals surface area contributed by atoms with Crippen LogP contribution in [0.3, 0.4) is 0 Å². The van der Waals surface area contributed by atoms with Crippen LogP contribution in [-0.4, -0.2) is 24.2 Å². The summed E-state index contributed by atoms with van der Waals surface area (Å²) in [6, 6.07) is 0. The molecule has 0 radical (unpaired) electrons. The Morgan fingerprint density at radius 2 is 2.07 bits per heavy atom. The third-order valence-electron chi connectivity index (χ3n) is 2.68. The minimum absolute atomic E-state index is 0.123. The number of amidine groups is 1. The number of nitrogens with zero attached hydrogens (tertiary/aromatic N) is 1. The molecule has 5 N–H and O–H groups in total. The van der Waals surface area contributed by atoms with Crippen LogP contribution in [0.15, 0.2) is 4.99 Å². The summed E-state index contributed by atoms with van der Waals surface area (Å²) in [5, 5.41) is 0. The van der Waals surface area contributed by atoms with Crippen molar-refractivity contribution < 1.29 is 4.79 Å². The standard InChI is InChI=1S/C9H18N4O/c10-9(4-2-1-3-5-9)8(13-11)12-6-7-14/h7H,1-6,10-11H2,(H,12,13). The van der Waals surface area contributed by atoms with Gasteiger partial charge in [-0.1, -0.05) is 19.3 Å². The smallest absolute Gasteiger partial charge is 0.141 e. The molecule has 0 aliphatic heterocycles. The molecule has 1 saturated carbocycles. The summed E-state index contributed by atoms with van der Waals surface area (Å²) >= 11 is 0. The fraction of sp³-hybridized carbons (Fsp3) is 0.778. The molecule has 0 aromatic carbocycles. The highest BCUT2D eigenvalue weighted by atomic mass is 16.1. The number of carbonyl (C=O) groups is 1. The lowest BCUT2D eigenvalue weighted by atomic mass is 9.81. The fourth-order valence-electron chi connectivity index (χ4n) is 1.89. The van der Waals surface area contributed by atoms with E-state index in [2.05, 4.69) is 10.4 Å². The van der Waals surface area contributed by atoms with Gasteiger partial charge in [-0.05, 0) is 12.8 Å². The predicted molar refractivity (Wildman–Crippen MR) is 55.7 cm³/mol. The maximum Gasteiger partial charge on any atom is 0.141 e. The summed E-state index contributed by atoms with van der Waals surface area (Å²) in [6.07, 6.45) is 5.91. The molecule has 0 bridgehead atoms. The van der Waals surface area contributed by atoms with E-state index in [1.54, 1.807) is 0 Å². The molecule has 0 aromatic rings. The lowest BCUT2D eigenvalue weighted by Gasteiger charge is -2.34. The van der Waals surface area contributed by atoms with E-state index in [9.17, 15) is 4.79 Å². The van der Waals surface area contributed by atoms with E-state index in [4.69, 9.17) is 11.6 Å². The number of aliphatic imine (C=N–C) groups is 1. The van der Waals surface area contributed by atoms with Crippen molar-refractivity contribution in [3.05, 3.63) is 0 Å². The monoisotopic (exact) mass is 198 g/mol. The van der Waals surface area contributed by atoms with E-state index in [-0.39, 0.29) is 6.54 Å². The van der Waals surface area contributed by atoms with Gasteiger partial charge in [-0.2, -0.15) is 0 Å². The molecule has 14 heavy (non-hydrogen) atoms. The zero-order chi connectivity index (χ0) is 10.4. The quantitative estimate of drug-likeness (QED) is 0.191. The number of nitrogens with two attached hydrogens (primary N) is 2. The Hall–Kier alpha value is -0.940. The summed E-state index contributed by atoms with van der Waals surface area (Å²) in [4.78, 5) is 14.2. The van der Waals surface area contributed by atoms with Crippen molar-refractivity contribution in [2.24, 2.45) is 16.6 Å². The predicted octanol–water partition coefficient (Wildman–Crippen LogP) is -0.291. The lowest BCUT2D eigenvalue weighted by molar-refractivity contribution is -0.106. The second-order valence-electron chi connectivity index (χ2n) is 3.72. The van der Waals surface area contributed by atoms with Gasteiger partial charge in [0, 0.05) is 0 Å². The average molecular weight is 198 g/mol.